The fourth-order valence-corrected chi connectivity index (χ4v) is 3.02. The van der Waals surface area contributed by atoms with Gasteiger partial charge in [0.2, 0.25) is 5.28 Å². The standard InChI is InChI=1S/C13H16Cl2N4O4/c1-13(2,21)23-7-3-6(4-20)22-11(7)19-5-16-8-9(14)17-12(15)18-10(8)19/h5-7,11,20-21H,3-4H2,1-2H3. The minimum absolute atomic E-state index is 0.0130. The second-order valence-corrected chi connectivity index (χ2v) is 6.47. The Morgan fingerprint density at radius 1 is 1.43 bits per heavy atom. The molecule has 3 atom stereocenters. The van der Waals surface area contributed by atoms with Gasteiger partial charge in [0, 0.05) is 6.42 Å². The van der Waals surface area contributed by atoms with Gasteiger partial charge in [-0.3, -0.25) is 4.57 Å². The first-order valence-electron chi connectivity index (χ1n) is 7.00. The molecule has 3 rings (SSSR count). The molecule has 10 heteroatoms. The Kier molecular flexibility index (Phi) is 4.47. The van der Waals surface area contributed by atoms with E-state index in [2.05, 4.69) is 15.0 Å². The van der Waals surface area contributed by atoms with Crippen LogP contribution in [0.4, 0.5) is 0 Å². The Morgan fingerprint density at radius 3 is 2.83 bits per heavy atom. The number of nitrogens with zero attached hydrogens (tertiary/aromatic N) is 4. The third-order valence-corrected chi connectivity index (χ3v) is 3.85. The number of fused-ring (bicyclic) bond motifs is 1. The molecule has 0 radical (unpaired) electrons. The largest absolute Gasteiger partial charge is 0.394 e. The summed E-state index contributed by atoms with van der Waals surface area (Å²) in [6.45, 7) is 2.89. The van der Waals surface area contributed by atoms with Crippen LogP contribution in [0.2, 0.25) is 10.4 Å². The lowest BCUT2D eigenvalue weighted by molar-refractivity contribution is -0.222. The summed E-state index contributed by atoms with van der Waals surface area (Å²) in [4.78, 5) is 12.1. The van der Waals surface area contributed by atoms with Gasteiger partial charge in [-0.15, -0.1) is 0 Å². The number of imidazole rings is 1. The SMILES string of the molecule is CC(C)(O)OC1CC(CO)OC1n1cnc2c(Cl)nc(Cl)nc21. The Balaban J connectivity index is 2.01. The number of ether oxygens (including phenoxy) is 2. The quantitative estimate of drug-likeness (QED) is 0.482. The zero-order valence-corrected chi connectivity index (χ0v) is 14.0. The molecular weight excluding hydrogens is 347 g/mol. The van der Waals surface area contributed by atoms with Gasteiger partial charge in [-0.2, -0.15) is 4.98 Å². The van der Waals surface area contributed by atoms with Gasteiger partial charge in [-0.05, 0) is 25.4 Å². The third-order valence-electron chi connectivity index (χ3n) is 3.41. The number of aliphatic hydroxyl groups excluding tert-OH is 1. The van der Waals surface area contributed by atoms with Crippen molar-refractivity contribution < 1.29 is 19.7 Å². The van der Waals surface area contributed by atoms with Gasteiger partial charge in [0.15, 0.2) is 22.8 Å². The molecule has 1 saturated heterocycles. The summed E-state index contributed by atoms with van der Waals surface area (Å²) in [6, 6.07) is 0. The first-order valence-corrected chi connectivity index (χ1v) is 7.76. The Labute approximate surface area is 142 Å². The molecular formula is C13H16Cl2N4O4. The van der Waals surface area contributed by atoms with Gasteiger partial charge in [0.05, 0.1) is 19.0 Å². The molecule has 2 aromatic rings. The van der Waals surface area contributed by atoms with E-state index in [1.54, 1.807) is 4.57 Å². The predicted molar refractivity (Wildman–Crippen MR) is 82.1 cm³/mol. The number of aromatic nitrogens is 4. The highest BCUT2D eigenvalue weighted by molar-refractivity contribution is 6.35. The molecule has 0 spiro atoms. The van der Waals surface area contributed by atoms with E-state index >= 15 is 0 Å². The van der Waals surface area contributed by atoms with E-state index in [1.165, 1.54) is 20.2 Å². The van der Waals surface area contributed by atoms with Crippen molar-refractivity contribution in [2.45, 2.75) is 44.5 Å². The van der Waals surface area contributed by atoms with Crippen molar-refractivity contribution in [1.29, 1.82) is 0 Å². The Bertz CT molecular complexity index is 718. The van der Waals surface area contributed by atoms with Gasteiger partial charge in [0.1, 0.15) is 11.6 Å². The van der Waals surface area contributed by atoms with E-state index in [0.29, 0.717) is 17.6 Å². The molecule has 0 saturated carbocycles. The lowest BCUT2D eigenvalue weighted by Crippen LogP contribution is -2.33. The van der Waals surface area contributed by atoms with Gasteiger partial charge < -0.3 is 19.7 Å². The van der Waals surface area contributed by atoms with Crippen LogP contribution in [0, 0.1) is 0 Å². The smallest absolute Gasteiger partial charge is 0.225 e. The summed E-state index contributed by atoms with van der Waals surface area (Å²) in [5, 5.41) is 19.4. The molecule has 0 aromatic carbocycles. The molecule has 0 aliphatic carbocycles. The zero-order chi connectivity index (χ0) is 16.8. The minimum Gasteiger partial charge on any atom is -0.394 e. The first-order chi connectivity index (χ1) is 10.8. The van der Waals surface area contributed by atoms with Gasteiger partial charge in [-0.25, -0.2) is 9.97 Å². The van der Waals surface area contributed by atoms with Crippen LogP contribution in [0.15, 0.2) is 6.33 Å². The molecule has 1 aliphatic heterocycles. The second kappa shape index (κ2) is 6.12. The average Bonchev–Trinajstić information content (AvgIpc) is 3.00. The molecule has 1 aliphatic rings. The van der Waals surface area contributed by atoms with E-state index in [0.717, 1.165) is 0 Å². The van der Waals surface area contributed by atoms with Crippen molar-refractivity contribution in [2.75, 3.05) is 6.61 Å². The summed E-state index contributed by atoms with van der Waals surface area (Å²) in [6.07, 6.45) is 0.352. The number of hydrogen-bond acceptors (Lipinski definition) is 7. The molecule has 0 bridgehead atoms. The third kappa shape index (κ3) is 3.42. The molecule has 3 heterocycles. The highest BCUT2D eigenvalue weighted by Crippen LogP contribution is 2.35. The van der Waals surface area contributed by atoms with Crippen molar-refractivity contribution in [2.24, 2.45) is 0 Å². The van der Waals surface area contributed by atoms with Crippen LogP contribution in [0.1, 0.15) is 26.5 Å². The normalized spacial score (nSPS) is 25.4. The van der Waals surface area contributed by atoms with Crippen LogP contribution >= 0.6 is 23.2 Å². The maximum Gasteiger partial charge on any atom is 0.225 e. The maximum atomic E-state index is 9.92. The second-order valence-electron chi connectivity index (χ2n) is 5.78. The Morgan fingerprint density at radius 2 is 2.17 bits per heavy atom. The van der Waals surface area contributed by atoms with Crippen LogP contribution in [0.25, 0.3) is 11.2 Å². The summed E-state index contributed by atoms with van der Waals surface area (Å²) in [7, 11) is 0. The van der Waals surface area contributed by atoms with Gasteiger partial charge >= 0.3 is 0 Å². The van der Waals surface area contributed by atoms with E-state index in [9.17, 15) is 10.2 Å². The number of halogens is 2. The fraction of sp³-hybridized carbons (Fsp3) is 0.615. The van der Waals surface area contributed by atoms with Crippen molar-refractivity contribution in [1.82, 2.24) is 19.5 Å². The fourth-order valence-electron chi connectivity index (χ4n) is 2.60. The van der Waals surface area contributed by atoms with E-state index in [1.807, 2.05) is 0 Å². The average molecular weight is 363 g/mol. The van der Waals surface area contributed by atoms with Crippen molar-refractivity contribution >= 4 is 34.4 Å². The molecule has 126 valence electrons. The lowest BCUT2D eigenvalue weighted by atomic mass is 10.2. The molecule has 2 aromatic heterocycles. The number of hydrogen-bond donors (Lipinski definition) is 2. The first kappa shape index (κ1) is 16.8. The molecule has 0 amide bonds. The minimum atomic E-state index is -1.35. The van der Waals surface area contributed by atoms with Gasteiger partial charge in [-0.1, -0.05) is 11.6 Å². The summed E-state index contributed by atoms with van der Waals surface area (Å²) >= 11 is 11.9. The zero-order valence-electron chi connectivity index (χ0n) is 12.5. The number of aliphatic hydroxyl groups is 2. The van der Waals surface area contributed by atoms with Crippen LogP contribution in [0.5, 0.6) is 0 Å². The van der Waals surface area contributed by atoms with E-state index < -0.39 is 24.2 Å². The summed E-state index contributed by atoms with van der Waals surface area (Å²) < 4.78 is 13.0. The topological polar surface area (TPSA) is 103 Å². The summed E-state index contributed by atoms with van der Waals surface area (Å²) in [5.74, 6) is -1.35. The molecule has 23 heavy (non-hydrogen) atoms. The predicted octanol–water partition coefficient (Wildman–Crippen LogP) is 1.53. The highest BCUT2D eigenvalue weighted by Gasteiger charge is 2.40. The Hall–Kier alpha value is -1.03. The van der Waals surface area contributed by atoms with Gasteiger partial charge in [0.25, 0.3) is 0 Å². The van der Waals surface area contributed by atoms with Crippen LogP contribution in [0.3, 0.4) is 0 Å². The van der Waals surface area contributed by atoms with Crippen LogP contribution in [-0.4, -0.2) is 54.3 Å². The summed E-state index contributed by atoms with van der Waals surface area (Å²) in [5.41, 5.74) is 0.775. The molecule has 2 N–H and O–H groups in total. The lowest BCUT2D eigenvalue weighted by Gasteiger charge is -2.27. The monoisotopic (exact) mass is 362 g/mol. The molecule has 3 unspecified atom stereocenters. The number of rotatable bonds is 4. The maximum absolute atomic E-state index is 9.92. The molecule has 1 fully saturated rings. The van der Waals surface area contributed by atoms with E-state index in [-0.39, 0.29) is 17.0 Å². The molecule has 8 nitrogen and oxygen atoms in total. The highest BCUT2D eigenvalue weighted by atomic mass is 35.5. The van der Waals surface area contributed by atoms with Crippen molar-refractivity contribution in [3.8, 4) is 0 Å². The van der Waals surface area contributed by atoms with Crippen LogP contribution in [-0.2, 0) is 9.47 Å². The van der Waals surface area contributed by atoms with Crippen molar-refractivity contribution in [3.63, 3.8) is 0 Å². The van der Waals surface area contributed by atoms with Crippen LogP contribution < -0.4 is 0 Å². The van der Waals surface area contributed by atoms with Crippen molar-refractivity contribution in [3.05, 3.63) is 16.8 Å². The van der Waals surface area contributed by atoms with E-state index in [4.69, 9.17) is 32.7 Å².